The van der Waals surface area contributed by atoms with Crippen LogP contribution >= 0.6 is 8.25 Å². The maximum Gasteiger partial charge on any atom is 0.692 e. The van der Waals surface area contributed by atoms with E-state index in [4.69, 9.17) is 23.8 Å². The van der Waals surface area contributed by atoms with Crippen molar-refractivity contribution >= 4 is 8.25 Å². The van der Waals surface area contributed by atoms with Crippen LogP contribution in [-0.4, -0.2) is 63.4 Å². The van der Waals surface area contributed by atoms with Crippen LogP contribution in [0.1, 0.15) is 105 Å². The van der Waals surface area contributed by atoms with Crippen molar-refractivity contribution in [3.05, 3.63) is 0 Å². The topological polar surface area (TPSA) is 100 Å². The smallest absolute Gasteiger partial charge is 0.381 e. The zero-order valence-electron chi connectivity index (χ0n) is 23.4. The standard InChI is InChI=1S/2C13H29NO.HO3P/c2*1-13(2)9-6-4-5-7-11-15-12-8-10-14-3;1-4(2)3/h2*13-14H,4-12H2,1-3H3;(H-,1,2,3)/p+1. The molecule has 0 aromatic rings. The van der Waals surface area contributed by atoms with Crippen molar-refractivity contribution in [2.45, 2.75) is 105 Å². The van der Waals surface area contributed by atoms with E-state index >= 15 is 0 Å². The molecule has 7 nitrogen and oxygen atoms in total. The lowest BCUT2D eigenvalue weighted by Crippen LogP contribution is -2.10. The summed E-state index contributed by atoms with van der Waals surface area (Å²) in [5.41, 5.74) is 0. The van der Waals surface area contributed by atoms with E-state index in [0.717, 1.165) is 64.2 Å². The van der Waals surface area contributed by atoms with Gasteiger partial charge in [-0.2, -0.15) is 0 Å². The van der Waals surface area contributed by atoms with Crippen LogP contribution in [0.3, 0.4) is 0 Å². The van der Waals surface area contributed by atoms with Gasteiger partial charge in [-0.15, -0.1) is 9.79 Å². The van der Waals surface area contributed by atoms with Crippen molar-refractivity contribution < 1.29 is 23.8 Å². The van der Waals surface area contributed by atoms with E-state index < -0.39 is 8.25 Å². The number of hydrogen-bond donors (Lipinski definition) is 4. The number of nitrogens with one attached hydrogen (secondary N) is 2. The van der Waals surface area contributed by atoms with Crippen molar-refractivity contribution in [1.82, 2.24) is 10.6 Å². The molecule has 0 bridgehead atoms. The van der Waals surface area contributed by atoms with E-state index in [9.17, 15) is 0 Å². The van der Waals surface area contributed by atoms with E-state index in [0.29, 0.717) is 0 Å². The minimum absolute atomic E-state index is 0.864. The van der Waals surface area contributed by atoms with Crippen LogP contribution in [0, 0.1) is 11.8 Å². The van der Waals surface area contributed by atoms with E-state index in [1.165, 1.54) is 64.2 Å². The minimum atomic E-state index is -2.87. The first kappa shape index (κ1) is 38.4. The van der Waals surface area contributed by atoms with Crippen LogP contribution in [0.5, 0.6) is 0 Å². The molecule has 0 saturated carbocycles. The molecule has 0 radical (unpaired) electrons. The zero-order valence-corrected chi connectivity index (χ0v) is 24.3. The first-order chi connectivity index (χ1) is 16.3. The predicted molar refractivity (Wildman–Crippen MR) is 147 cm³/mol. The third kappa shape index (κ3) is 53.3. The summed E-state index contributed by atoms with van der Waals surface area (Å²) >= 11 is 0. The fraction of sp³-hybridized carbons (Fsp3) is 1.00. The molecule has 0 amide bonds. The number of unbranched alkanes of at least 4 members (excludes halogenated alkanes) is 6. The summed E-state index contributed by atoms with van der Waals surface area (Å²) in [6.07, 6.45) is 15.7. The normalized spacial score (nSPS) is 10.6. The highest BCUT2D eigenvalue weighted by Crippen LogP contribution is 2.10. The largest absolute Gasteiger partial charge is 0.692 e. The second kappa shape index (κ2) is 35.0. The first-order valence-electron chi connectivity index (χ1n) is 13.6. The van der Waals surface area contributed by atoms with Crippen molar-refractivity contribution in [2.75, 3.05) is 53.6 Å². The molecule has 0 aliphatic carbocycles. The third-order valence-electron chi connectivity index (χ3n) is 5.07. The summed E-state index contributed by atoms with van der Waals surface area (Å²) in [6, 6.07) is 0. The molecule has 34 heavy (non-hydrogen) atoms. The molecule has 0 aromatic heterocycles. The monoisotopic (exact) mass is 511 g/mol. The highest BCUT2D eigenvalue weighted by atomic mass is 31.1. The molecule has 208 valence electrons. The van der Waals surface area contributed by atoms with Gasteiger partial charge in [0.25, 0.3) is 0 Å². The summed E-state index contributed by atoms with van der Waals surface area (Å²) in [4.78, 5) is 14.2. The third-order valence-corrected chi connectivity index (χ3v) is 5.07. The van der Waals surface area contributed by atoms with Crippen molar-refractivity contribution in [2.24, 2.45) is 11.8 Å². The summed E-state index contributed by atoms with van der Waals surface area (Å²) in [5.74, 6) is 1.73. The Morgan fingerprint density at radius 2 is 0.882 bits per heavy atom. The Bertz CT molecular complexity index is 343. The molecule has 0 spiro atoms. The SMILES string of the molecule is CNCCCOCCCCCCC(C)C.CNCCCOCCCCCCC(C)C.O=[P+](O)O. The molecular formula is C26H60N2O5P+. The summed E-state index contributed by atoms with van der Waals surface area (Å²) in [5, 5.41) is 6.23. The van der Waals surface area contributed by atoms with Crippen LogP contribution in [0.15, 0.2) is 0 Å². The van der Waals surface area contributed by atoms with E-state index in [1.54, 1.807) is 0 Å². The van der Waals surface area contributed by atoms with Gasteiger partial charge in [0.1, 0.15) is 0 Å². The molecule has 0 fully saturated rings. The van der Waals surface area contributed by atoms with Crippen LogP contribution in [0.4, 0.5) is 0 Å². The molecule has 0 saturated heterocycles. The predicted octanol–water partition coefficient (Wildman–Crippen LogP) is 6.07. The van der Waals surface area contributed by atoms with Crippen molar-refractivity contribution in [3.8, 4) is 0 Å². The van der Waals surface area contributed by atoms with Gasteiger partial charge in [0.05, 0.1) is 0 Å². The molecule has 0 atom stereocenters. The average molecular weight is 512 g/mol. The maximum absolute atomic E-state index is 8.70. The van der Waals surface area contributed by atoms with E-state index in [1.807, 2.05) is 14.1 Å². The van der Waals surface area contributed by atoms with Gasteiger partial charge in [0.2, 0.25) is 0 Å². The molecule has 0 unspecified atom stereocenters. The fourth-order valence-corrected chi connectivity index (χ4v) is 3.13. The first-order valence-corrected chi connectivity index (χ1v) is 14.7. The van der Waals surface area contributed by atoms with E-state index in [-0.39, 0.29) is 0 Å². The van der Waals surface area contributed by atoms with Gasteiger partial charge in [-0.3, -0.25) is 0 Å². The summed E-state index contributed by atoms with van der Waals surface area (Å²) in [7, 11) is 1.09. The molecule has 0 heterocycles. The zero-order chi connectivity index (χ0) is 26.3. The van der Waals surface area contributed by atoms with Crippen LogP contribution < -0.4 is 10.6 Å². The Kier molecular flexibility index (Phi) is 39.5. The molecule has 0 aliphatic rings. The van der Waals surface area contributed by atoms with Gasteiger partial charge in [0.15, 0.2) is 0 Å². The molecule has 0 aliphatic heterocycles. The summed E-state index contributed by atoms with van der Waals surface area (Å²) < 4.78 is 19.8. The number of rotatable bonds is 22. The lowest BCUT2D eigenvalue weighted by Gasteiger charge is -2.05. The van der Waals surface area contributed by atoms with Crippen molar-refractivity contribution in [3.63, 3.8) is 0 Å². The van der Waals surface area contributed by atoms with Crippen LogP contribution in [0.2, 0.25) is 0 Å². The number of hydrogen-bond acceptors (Lipinski definition) is 5. The molecule has 4 N–H and O–H groups in total. The second-order valence-corrected chi connectivity index (χ2v) is 10.1. The lowest BCUT2D eigenvalue weighted by atomic mass is 10.0. The van der Waals surface area contributed by atoms with Gasteiger partial charge in [-0.25, -0.2) is 0 Å². The van der Waals surface area contributed by atoms with Crippen LogP contribution in [-0.2, 0) is 14.0 Å². The molecule has 0 rings (SSSR count). The van der Waals surface area contributed by atoms with Gasteiger partial charge in [-0.1, -0.05) is 79.1 Å². The van der Waals surface area contributed by atoms with Crippen molar-refractivity contribution in [1.29, 1.82) is 0 Å². The van der Waals surface area contributed by atoms with Gasteiger partial charge >= 0.3 is 8.25 Å². The molecular weight excluding hydrogens is 451 g/mol. The number of ether oxygens (including phenoxy) is 2. The van der Waals surface area contributed by atoms with Crippen LogP contribution in [0.25, 0.3) is 0 Å². The Hall–Kier alpha value is -0.140. The Balaban J connectivity index is -0.000000488. The Labute approximate surface area is 213 Å². The van der Waals surface area contributed by atoms with Gasteiger partial charge < -0.3 is 20.1 Å². The fourth-order valence-electron chi connectivity index (χ4n) is 3.13. The Morgan fingerprint density at radius 1 is 0.588 bits per heavy atom. The van der Waals surface area contributed by atoms with Gasteiger partial charge in [0, 0.05) is 31.0 Å². The highest BCUT2D eigenvalue weighted by Gasteiger charge is 1.96. The summed E-state index contributed by atoms with van der Waals surface area (Å²) in [6.45, 7) is 15.0. The Morgan fingerprint density at radius 3 is 1.18 bits per heavy atom. The van der Waals surface area contributed by atoms with E-state index in [2.05, 4.69) is 38.3 Å². The molecule has 8 heteroatoms. The van der Waals surface area contributed by atoms with Gasteiger partial charge in [-0.05, 0) is 64.7 Å². The maximum atomic E-state index is 8.70. The highest BCUT2D eigenvalue weighted by molar-refractivity contribution is 7.30. The lowest BCUT2D eigenvalue weighted by molar-refractivity contribution is 0.127. The quantitative estimate of drug-likeness (QED) is 0.103. The second-order valence-electron chi connectivity index (χ2n) is 9.59. The average Bonchev–Trinajstić information content (AvgIpc) is 2.76. The molecule has 0 aromatic carbocycles. The minimum Gasteiger partial charge on any atom is -0.381 e.